The Morgan fingerprint density at radius 3 is 2.32 bits per heavy atom. The number of anilines is 1. The fourth-order valence-electron chi connectivity index (χ4n) is 1.78. The molecule has 7 heteroatoms. The number of hydrogen-bond donors (Lipinski definition) is 1. The monoisotopic (exact) mass is 270 g/mol. The topological polar surface area (TPSA) is 42.7 Å². The SMILES string of the molecule is CNc1cc(C(F)(F)F)cc(-n2nc(C)cc2C)n1. The number of nitrogens with zero attached hydrogens (tertiary/aromatic N) is 3. The van der Waals surface area contributed by atoms with E-state index in [1.54, 1.807) is 19.9 Å². The molecule has 0 aliphatic rings. The first-order valence-electron chi connectivity index (χ1n) is 5.62. The number of hydrogen-bond acceptors (Lipinski definition) is 3. The van der Waals surface area contributed by atoms with E-state index in [-0.39, 0.29) is 11.6 Å². The van der Waals surface area contributed by atoms with Gasteiger partial charge in [-0.15, -0.1) is 0 Å². The van der Waals surface area contributed by atoms with Gasteiger partial charge in [0.2, 0.25) is 0 Å². The Morgan fingerprint density at radius 1 is 1.16 bits per heavy atom. The quantitative estimate of drug-likeness (QED) is 0.912. The maximum absolute atomic E-state index is 12.8. The molecule has 0 spiro atoms. The van der Waals surface area contributed by atoms with E-state index in [0.717, 1.165) is 23.5 Å². The molecule has 0 amide bonds. The minimum absolute atomic E-state index is 0.143. The van der Waals surface area contributed by atoms with Gasteiger partial charge in [-0.25, -0.2) is 9.67 Å². The molecule has 2 aromatic heterocycles. The van der Waals surface area contributed by atoms with E-state index in [1.807, 2.05) is 0 Å². The lowest BCUT2D eigenvalue weighted by Crippen LogP contribution is -2.11. The number of aromatic nitrogens is 3. The average molecular weight is 270 g/mol. The van der Waals surface area contributed by atoms with Crippen LogP contribution in [0.4, 0.5) is 19.0 Å². The van der Waals surface area contributed by atoms with Crippen molar-refractivity contribution < 1.29 is 13.2 Å². The molecule has 0 atom stereocenters. The van der Waals surface area contributed by atoms with Crippen LogP contribution in [-0.2, 0) is 6.18 Å². The van der Waals surface area contributed by atoms with Crippen LogP contribution >= 0.6 is 0 Å². The zero-order chi connectivity index (χ0) is 14.2. The molecule has 2 rings (SSSR count). The molecule has 2 aromatic rings. The fraction of sp³-hybridized carbons (Fsp3) is 0.333. The van der Waals surface area contributed by atoms with Gasteiger partial charge in [0.1, 0.15) is 5.82 Å². The lowest BCUT2D eigenvalue weighted by Gasteiger charge is -2.12. The van der Waals surface area contributed by atoms with Gasteiger partial charge in [-0.3, -0.25) is 0 Å². The minimum atomic E-state index is -4.42. The third kappa shape index (κ3) is 2.69. The van der Waals surface area contributed by atoms with Crippen molar-refractivity contribution in [1.82, 2.24) is 14.8 Å². The predicted octanol–water partition coefficient (Wildman–Crippen LogP) is 2.94. The number of alkyl halides is 3. The van der Waals surface area contributed by atoms with Crippen LogP contribution in [0.25, 0.3) is 5.82 Å². The van der Waals surface area contributed by atoms with Gasteiger partial charge in [-0.2, -0.15) is 18.3 Å². The summed E-state index contributed by atoms with van der Waals surface area (Å²) in [6, 6.07) is 3.73. The Hall–Kier alpha value is -2.05. The summed E-state index contributed by atoms with van der Waals surface area (Å²) in [5, 5.41) is 6.76. The molecule has 0 bridgehead atoms. The van der Waals surface area contributed by atoms with Crippen LogP contribution in [0.2, 0.25) is 0 Å². The lowest BCUT2D eigenvalue weighted by atomic mass is 10.2. The van der Waals surface area contributed by atoms with E-state index in [2.05, 4.69) is 15.4 Å². The van der Waals surface area contributed by atoms with E-state index >= 15 is 0 Å². The summed E-state index contributed by atoms with van der Waals surface area (Å²) >= 11 is 0. The highest BCUT2D eigenvalue weighted by Gasteiger charge is 2.32. The van der Waals surface area contributed by atoms with Crippen LogP contribution in [-0.4, -0.2) is 21.8 Å². The second-order valence-corrected chi connectivity index (χ2v) is 4.19. The van der Waals surface area contributed by atoms with Crippen molar-refractivity contribution in [2.75, 3.05) is 12.4 Å². The van der Waals surface area contributed by atoms with E-state index in [4.69, 9.17) is 0 Å². The second kappa shape index (κ2) is 4.56. The number of nitrogens with one attached hydrogen (secondary N) is 1. The van der Waals surface area contributed by atoms with Crippen molar-refractivity contribution in [3.63, 3.8) is 0 Å². The first-order chi connectivity index (χ1) is 8.81. The third-order valence-corrected chi connectivity index (χ3v) is 2.62. The fourth-order valence-corrected chi connectivity index (χ4v) is 1.78. The molecule has 0 unspecified atom stereocenters. The zero-order valence-electron chi connectivity index (χ0n) is 10.7. The van der Waals surface area contributed by atoms with Crippen molar-refractivity contribution in [2.24, 2.45) is 0 Å². The van der Waals surface area contributed by atoms with Crippen LogP contribution < -0.4 is 5.32 Å². The maximum Gasteiger partial charge on any atom is 0.416 e. The van der Waals surface area contributed by atoms with Gasteiger partial charge in [0, 0.05) is 12.7 Å². The van der Waals surface area contributed by atoms with E-state index in [9.17, 15) is 13.2 Å². The molecule has 0 fully saturated rings. The molecule has 0 aliphatic carbocycles. The Bertz CT molecular complexity index is 602. The highest BCUT2D eigenvalue weighted by Crippen LogP contribution is 2.31. The van der Waals surface area contributed by atoms with Gasteiger partial charge >= 0.3 is 6.18 Å². The van der Waals surface area contributed by atoms with Crippen molar-refractivity contribution in [1.29, 1.82) is 0 Å². The van der Waals surface area contributed by atoms with Gasteiger partial charge in [-0.05, 0) is 32.0 Å². The average Bonchev–Trinajstić information content (AvgIpc) is 2.66. The molecule has 0 aromatic carbocycles. The second-order valence-electron chi connectivity index (χ2n) is 4.19. The molecular weight excluding hydrogens is 257 g/mol. The molecule has 19 heavy (non-hydrogen) atoms. The minimum Gasteiger partial charge on any atom is -0.373 e. The summed E-state index contributed by atoms with van der Waals surface area (Å²) < 4.78 is 39.9. The van der Waals surface area contributed by atoms with Crippen LogP contribution in [0, 0.1) is 13.8 Å². The van der Waals surface area contributed by atoms with Crippen molar-refractivity contribution >= 4 is 5.82 Å². The van der Waals surface area contributed by atoms with Gasteiger partial charge in [0.05, 0.1) is 11.3 Å². The number of pyridine rings is 1. The normalized spacial score (nSPS) is 11.7. The van der Waals surface area contributed by atoms with Crippen LogP contribution in [0.15, 0.2) is 18.2 Å². The molecule has 2 heterocycles. The summed E-state index contributed by atoms with van der Waals surface area (Å²) in [6.07, 6.45) is -4.42. The predicted molar refractivity (Wildman–Crippen MR) is 65.4 cm³/mol. The van der Waals surface area contributed by atoms with Gasteiger partial charge in [0.25, 0.3) is 0 Å². The first-order valence-corrected chi connectivity index (χ1v) is 5.62. The largest absolute Gasteiger partial charge is 0.416 e. The molecule has 1 N–H and O–H groups in total. The molecule has 102 valence electrons. The molecular formula is C12H13F3N4. The standard InChI is InChI=1S/C12H13F3N4/c1-7-4-8(2)19(18-7)11-6-9(12(13,14)15)5-10(16-3)17-11/h4-6H,1-3H3,(H,16,17). The Kier molecular flexibility index (Phi) is 3.21. The van der Waals surface area contributed by atoms with Gasteiger partial charge in [0.15, 0.2) is 5.82 Å². The summed E-state index contributed by atoms with van der Waals surface area (Å²) in [5.41, 5.74) is 0.698. The van der Waals surface area contributed by atoms with Crippen LogP contribution in [0.3, 0.4) is 0 Å². The Morgan fingerprint density at radius 2 is 1.84 bits per heavy atom. The first kappa shape index (κ1) is 13.4. The van der Waals surface area contributed by atoms with Crippen molar-refractivity contribution in [3.8, 4) is 5.82 Å². The van der Waals surface area contributed by atoms with E-state index in [1.165, 1.54) is 11.7 Å². The maximum atomic E-state index is 12.8. The highest BCUT2D eigenvalue weighted by molar-refractivity contribution is 5.45. The summed E-state index contributed by atoms with van der Waals surface area (Å²) in [4.78, 5) is 4.10. The molecule has 0 saturated heterocycles. The summed E-state index contributed by atoms with van der Waals surface area (Å²) in [6.45, 7) is 3.54. The van der Waals surface area contributed by atoms with Crippen LogP contribution in [0.1, 0.15) is 17.0 Å². The smallest absolute Gasteiger partial charge is 0.373 e. The molecule has 4 nitrogen and oxygen atoms in total. The van der Waals surface area contributed by atoms with Crippen molar-refractivity contribution in [3.05, 3.63) is 35.2 Å². The molecule has 0 radical (unpaired) electrons. The third-order valence-electron chi connectivity index (χ3n) is 2.62. The van der Waals surface area contributed by atoms with Gasteiger partial charge < -0.3 is 5.32 Å². The van der Waals surface area contributed by atoms with E-state index < -0.39 is 11.7 Å². The van der Waals surface area contributed by atoms with E-state index in [0.29, 0.717) is 0 Å². The van der Waals surface area contributed by atoms with Crippen LogP contribution in [0.5, 0.6) is 0 Å². The number of rotatable bonds is 2. The summed E-state index contributed by atoms with van der Waals surface area (Å²) in [7, 11) is 1.52. The number of aryl methyl sites for hydroxylation is 2. The Balaban J connectivity index is 2.60. The van der Waals surface area contributed by atoms with Crippen molar-refractivity contribution in [2.45, 2.75) is 20.0 Å². The zero-order valence-corrected chi connectivity index (χ0v) is 10.7. The van der Waals surface area contributed by atoms with Gasteiger partial charge in [-0.1, -0.05) is 0 Å². The Labute approximate surface area is 108 Å². The lowest BCUT2D eigenvalue weighted by molar-refractivity contribution is -0.137. The number of halogens is 3. The summed E-state index contributed by atoms with van der Waals surface area (Å²) in [5.74, 6) is 0.294. The molecule has 0 saturated carbocycles. The molecule has 0 aliphatic heterocycles. The highest BCUT2D eigenvalue weighted by atomic mass is 19.4.